The second-order valence-electron chi connectivity index (χ2n) is 5.67. The lowest BCUT2D eigenvalue weighted by atomic mass is 9.77. The minimum Gasteiger partial charge on any atom is -0.463 e. The molecule has 2 aromatic rings. The van der Waals surface area contributed by atoms with E-state index in [2.05, 4.69) is 33.2 Å². The molecule has 2 heterocycles. The lowest BCUT2D eigenvalue weighted by Gasteiger charge is -2.31. The fourth-order valence-electron chi connectivity index (χ4n) is 3.27. The van der Waals surface area contributed by atoms with Gasteiger partial charge in [-0.25, -0.2) is 4.99 Å². The molecule has 0 fully saturated rings. The van der Waals surface area contributed by atoms with Crippen LogP contribution in [0, 0.1) is 0 Å². The van der Waals surface area contributed by atoms with Gasteiger partial charge in [-0.2, -0.15) is 0 Å². The van der Waals surface area contributed by atoms with E-state index < -0.39 is 0 Å². The maximum Gasteiger partial charge on any atom is 0.282 e. The molecule has 4 rings (SSSR count). The topological polar surface area (TPSA) is 73.4 Å². The van der Waals surface area contributed by atoms with E-state index in [1.54, 1.807) is 18.6 Å². The summed E-state index contributed by atoms with van der Waals surface area (Å²) in [6.45, 7) is 0.576. The summed E-state index contributed by atoms with van der Waals surface area (Å²) < 4.78 is 5.41. The van der Waals surface area contributed by atoms with Crippen molar-refractivity contribution in [3.05, 3.63) is 47.9 Å². The van der Waals surface area contributed by atoms with Crippen LogP contribution in [0.5, 0.6) is 0 Å². The molecule has 0 saturated heterocycles. The molecule has 0 amide bonds. The molecule has 1 atom stereocenters. The molecule has 0 unspecified atom stereocenters. The Bertz CT molecular complexity index is 713. The second-order valence-corrected chi connectivity index (χ2v) is 5.67. The van der Waals surface area contributed by atoms with Crippen LogP contribution in [-0.4, -0.2) is 28.1 Å². The predicted molar refractivity (Wildman–Crippen MR) is 79.8 cm³/mol. The Kier molecular flexibility index (Phi) is 2.67. The van der Waals surface area contributed by atoms with E-state index in [0.717, 1.165) is 30.5 Å². The van der Waals surface area contributed by atoms with Gasteiger partial charge < -0.3 is 10.5 Å². The largest absolute Gasteiger partial charge is 0.463 e. The van der Waals surface area contributed by atoms with Crippen LogP contribution in [0.2, 0.25) is 0 Å². The van der Waals surface area contributed by atoms with Crippen molar-refractivity contribution in [1.29, 1.82) is 0 Å². The number of aromatic nitrogens is 2. The minimum absolute atomic E-state index is 0.199. The van der Waals surface area contributed by atoms with Crippen molar-refractivity contribution >= 4 is 6.02 Å². The first-order valence-electron chi connectivity index (χ1n) is 7.11. The molecular formula is C16H16N4O. The zero-order valence-corrected chi connectivity index (χ0v) is 11.6. The maximum absolute atomic E-state index is 5.71. The first-order chi connectivity index (χ1) is 10.3. The van der Waals surface area contributed by atoms with Crippen LogP contribution in [0.25, 0.3) is 11.3 Å². The SMILES string of the molecule is NC1=N[C@]2(CCc3cccc(-c4cnccn4)c3C2)CO1. The Morgan fingerprint density at radius 2 is 2.19 bits per heavy atom. The number of ether oxygens (including phenoxy) is 1. The zero-order chi connectivity index (χ0) is 14.3. The molecule has 1 aromatic heterocycles. The van der Waals surface area contributed by atoms with Crippen molar-refractivity contribution in [3.63, 3.8) is 0 Å². The Morgan fingerprint density at radius 3 is 2.95 bits per heavy atom. The molecule has 5 heteroatoms. The van der Waals surface area contributed by atoms with Crippen LogP contribution in [0.4, 0.5) is 0 Å². The normalized spacial score (nSPS) is 23.5. The third-order valence-electron chi connectivity index (χ3n) is 4.31. The number of aliphatic imine (C=N–C) groups is 1. The number of fused-ring (bicyclic) bond motifs is 1. The molecule has 1 aromatic carbocycles. The summed E-state index contributed by atoms with van der Waals surface area (Å²) in [6, 6.07) is 6.69. The third kappa shape index (κ3) is 2.05. The lowest BCUT2D eigenvalue weighted by molar-refractivity contribution is 0.235. The first kappa shape index (κ1) is 12.3. The molecule has 1 aliphatic carbocycles. The van der Waals surface area contributed by atoms with Crippen molar-refractivity contribution < 1.29 is 4.74 Å². The second kappa shape index (κ2) is 4.55. The number of benzene rings is 1. The third-order valence-corrected chi connectivity index (χ3v) is 4.31. The molecule has 0 bridgehead atoms. The van der Waals surface area contributed by atoms with Crippen LogP contribution < -0.4 is 5.73 Å². The highest BCUT2D eigenvalue weighted by Crippen LogP contribution is 2.38. The molecule has 1 spiro atoms. The summed E-state index contributed by atoms with van der Waals surface area (Å²) in [5.74, 6) is 0. The van der Waals surface area contributed by atoms with Gasteiger partial charge >= 0.3 is 0 Å². The average Bonchev–Trinajstić information content (AvgIpc) is 2.88. The van der Waals surface area contributed by atoms with Gasteiger partial charge in [-0.3, -0.25) is 9.97 Å². The lowest BCUT2D eigenvalue weighted by Crippen LogP contribution is -2.35. The highest BCUT2D eigenvalue weighted by atomic mass is 16.5. The Balaban J connectivity index is 1.80. The summed E-state index contributed by atoms with van der Waals surface area (Å²) >= 11 is 0. The van der Waals surface area contributed by atoms with E-state index in [-0.39, 0.29) is 5.54 Å². The van der Waals surface area contributed by atoms with Gasteiger partial charge in [0.05, 0.1) is 11.9 Å². The van der Waals surface area contributed by atoms with Gasteiger partial charge in [0.2, 0.25) is 0 Å². The quantitative estimate of drug-likeness (QED) is 0.863. The summed E-state index contributed by atoms with van der Waals surface area (Å²) in [5.41, 5.74) is 10.2. The Morgan fingerprint density at radius 1 is 1.24 bits per heavy atom. The highest BCUT2D eigenvalue weighted by molar-refractivity contribution is 5.74. The molecule has 2 aliphatic rings. The fourth-order valence-corrected chi connectivity index (χ4v) is 3.27. The Hall–Kier alpha value is -2.43. The number of hydrogen-bond acceptors (Lipinski definition) is 5. The molecule has 106 valence electrons. The van der Waals surface area contributed by atoms with Gasteiger partial charge in [0.15, 0.2) is 0 Å². The maximum atomic E-state index is 5.71. The Labute approximate surface area is 122 Å². The number of nitrogens with zero attached hydrogens (tertiary/aromatic N) is 3. The standard InChI is InChI=1S/C16H16N4O/c17-15-20-16(10-21-15)5-4-11-2-1-3-12(13(11)8-16)14-9-18-6-7-19-14/h1-3,6-7,9H,4-5,8,10H2,(H2,17,20)/t16-/m0/s1. The van der Waals surface area contributed by atoms with E-state index in [0.29, 0.717) is 12.6 Å². The number of hydrogen-bond donors (Lipinski definition) is 1. The summed E-state index contributed by atoms with van der Waals surface area (Å²) in [5, 5.41) is 0. The number of aryl methyl sites for hydroxylation is 1. The summed E-state index contributed by atoms with van der Waals surface area (Å²) in [6.07, 6.45) is 8.03. The van der Waals surface area contributed by atoms with Crippen LogP contribution >= 0.6 is 0 Å². The first-order valence-corrected chi connectivity index (χ1v) is 7.11. The van der Waals surface area contributed by atoms with Crippen molar-refractivity contribution in [2.75, 3.05) is 6.61 Å². The molecular weight excluding hydrogens is 264 g/mol. The zero-order valence-electron chi connectivity index (χ0n) is 11.6. The highest BCUT2D eigenvalue weighted by Gasteiger charge is 2.40. The molecule has 1 aliphatic heterocycles. The van der Waals surface area contributed by atoms with Crippen LogP contribution in [0.15, 0.2) is 41.8 Å². The number of amidine groups is 1. The average molecular weight is 280 g/mol. The summed E-state index contributed by atoms with van der Waals surface area (Å²) in [7, 11) is 0. The molecule has 0 saturated carbocycles. The van der Waals surface area contributed by atoms with Crippen LogP contribution in [0.1, 0.15) is 17.5 Å². The predicted octanol–water partition coefficient (Wildman–Crippen LogP) is 1.72. The van der Waals surface area contributed by atoms with E-state index in [4.69, 9.17) is 10.5 Å². The van der Waals surface area contributed by atoms with E-state index in [9.17, 15) is 0 Å². The minimum atomic E-state index is -0.199. The van der Waals surface area contributed by atoms with Gasteiger partial charge in [-0.05, 0) is 24.0 Å². The molecule has 5 nitrogen and oxygen atoms in total. The van der Waals surface area contributed by atoms with Crippen molar-refractivity contribution in [1.82, 2.24) is 9.97 Å². The molecule has 21 heavy (non-hydrogen) atoms. The number of rotatable bonds is 1. The van der Waals surface area contributed by atoms with Gasteiger partial charge in [-0.1, -0.05) is 18.2 Å². The van der Waals surface area contributed by atoms with Crippen LogP contribution in [-0.2, 0) is 17.6 Å². The fraction of sp³-hybridized carbons (Fsp3) is 0.312. The van der Waals surface area contributed by atoms with Crippen molar-refractivity contribution in [2.45, 2.75) is 24.8 Å². The van der Waals surface area contributed by atoms with Crippen LogP contribution in [0.3, 0.4) is 0 Å². The van der Waals surface area contributed by atoms with Gasteiger partial charge in [0.1, 0.15) is 12.1 Å². The van der Waals surface area contributed by atoms with Gasteiger partial charge in [-0.15, -0.1) is 0 Å². The smallest absolute Gasteiger partial charge is 0.282 e. The van der Waals surface area contributed by atoms with E-state index >= 15 is 0 Å². The summed E-state index contributed by atoms with van der Waals surface area (Å²) in [4.78, 5) is 13.2. The molecule has 2 N–H and O–H groups in total. The number of nitrogens with two attached hydrogens (primary N) is 1. The van der Waals surface area contributed by atoms with E-state index in [1.807, 2.05) is 0 Å². The van der Waals surface area contributed by atoms with Crippen molar-refractivity contribution in [3.8, 4) is 11.3 Å². The monoisotopic (exact) mass is 280 g/mol. The van der Waals surface area contributed by atoms with E-state index in [1.165, 1.54) is 11.1 Å². The van der Waals surface area contributed by atoms with Gasteiger partial charge in [0.25, 0.3) is 6.02 Å². The van der Waals surface area contributed by atoms with Gasteiger partial charge in [0, 0.05) is 24.4 Å². The van der Waals surface area contributed by atoms with Crippen molar-refractivity contribution in [2.24, 2.45) is 10.7 Å². The molecule has 0 radical (unpaired) electrons.